The molecule has 0 aliphatic carbocycles. The molecule has 10 heteroatoms. The van der Waals surface area contributed by atoms with Crippen molar-refractivity contribution < 1.29 is 23.5 Å². The third-order valence-electron chi connectivity index (χ3n) is 6.33. The van der Waals surface area contributed by atoms with Crippen molar-refractivity contribution in [3.05, 3.63) is 90.3 Å². The van der Waals surface area contributed by atoms with Gasteiger partial charge >= 0.3 is 0 Å². The highest BCUT2D eigenvalue weighted by Crippen LogP contribution is 2.39. The molecule has 0 unspecified atom stereocenters. The number of carbonyl (C=O) groups is 2. The number of aryl methyl sites for hydroxylation is 1. The first kappa shape index (κ1) is 27.0. The fourth-order valence-corrected chi connectivity index (χ4v) is 5.25. The fourth-order valence-electron chi connectivity index (χ4n) is 4.22. The van der Waals surface area contributed by atoms with Crippen LogP contribution in [-0.4, -0.2) is 39.9 Å². The summed E-state index contributed by atoms with van der Waals surface area (Å²) in [5, 5.41) is 2.62. The summed E-state index contributed by atoms with van der Waals surface area (Å²) in [6, 6.07) is 15.3. The predicted octanol–water partition coefficient (Wildman–Crippen LogP) is 5.59. The lowest BCUT2D eigenvalue weighted by Gasteiger charge is -2.10. The van der Waals surface area contributed by atoms with Crippen LogP contribution in [-0.2, 0) is 29.0 Å². The molecule has 0 aliphatic heterocycles. The Labute approximate surface area is 234 Å². The highest BCUT2D eigenvalue weighted by atomic mass is 32.1. The van der Waals surface area contributed by atoms with E-state index in [0.717, 1.165) is 38.6 Å². The number of Topliss-reactive ketones (excluding diaryl/α,β-unsaturated/α-hetero) is 1. The number of benzene rings is 2. The largest absolute Gasteiger partial charge is 0.496 e. The Morgan fingerprint density at radius 1 is 1.05 bits per heavy atom. The van der Waals surface area contributed by atoms with Gasteiger partial charge in [-0.15, -0.1) is 11.3 Å². The Kier molecular flexibility index (Phi) is 8.16. The van der Waals surface area contributed by atoms with Crippen LogP contribution < -0.4 is 14.8 Å². The number of para-hydroxylation sites is 1. The molecule has 1 N–H and O–H groups in total. The number of aromatic nitrogens is 3. The molecule has 0 fully saturated rings. The molecule has 5 aromatic rings. The monoisotopic (exact) mass is 558 g/mol. The lowest BCUT2D eigenvalue weighted by molar-refractivity contribution is -0.137. The van der Waals surface area contributed by atoms with Crippen LogP contribution in [0.25, 0.3) is 20.8 Å². The molecule has 1 amide bonds. The maximum atomic E-state index is 15.0. The third kappa shape index (κ3) is 6.02. The molecule has 3 aromatic heterocycles. The molecule has 0 saturated heterocycles. The SMILES string of the molecule is CCn1cnc(-c2cc3nccc(Oc4ccc(CC(=O)C(=O)NCCc5ccccc5OC)cc4F)c3s2)c1. The second kappa shape index (κ2) is 12.1. The van der Waals surface area contributed by atoms with Crippen LogP contribution in [0.1, 0.15) is 18.1 Å². The zero-order valence-corrected chi connectivity index (χ0v) is 22.8. The highest BCUT2D eigenvalue weighted by Gasteiger charge is 2.17. The molecule has 0 radical (unpaired) electrons. The molecule has 0 spiro atoms. The van der Waals surface area contributed by atoms with Gasteiger partial charge in [0.15, 0.2) is 11.6 Å². The molecular formula is C30H27FN4O4S. The van der Waals surface area contributed by atoms with Crippen molar-refractivity contribution in [2.45, 2.75) is 26.3 Å². The number of methoxy groups -OCH3 is 1. The second-order valence-electron chi connectivity index (χ2n) is 9.01. The molecule has 0 aliphatic rings. The number of amides is 1. The van der Waals surface area contributed by atoms with E-state index in [-0.39, 0.29) is 18.7 Å². The van der Waals surface area contributed by atoms with Gasteiger partial charge in [-0.3, -0.25) is 14.6 Å². The molecule has 5 rings (SSSR count). The average molecular weight is 559 g/mol. The summed E-state index contributed by atoms with van der Waals surface area (Å²) in [6.07, 6.45) is 5.63. The standard InChI is InChI=1S/C30H27FN4O4S/c1-3-35-17-23(34-18-35)28-16-22-29(40-28)27(11-13-32-22)39-26-9-8-19(14-21(26)31)15-24(36)30(37)33-12-10-20-6-4-5-7-25(20)38-2/h4-9,11,13-14,16-18H,3,10,12,15H2,1-2H3,(H,33,37). The van der Waals surface area contributed by atoms with Gasteiger partial charge < -0.3 is 19.4 Å². The summed E-state index contributed by atoms with van der Waals surface area (Å²) in [5.74, 6) is -0.807. The van der Waals surface area contributed by atoms with Crippen molar-refractivity contribution >= 4 is 33.2 Å². The topological polar surface area (TPSA) is 95.3 Å². The van der Waals surface area contributed by atoms with Gasteiger partial charge in [-0.2, -0.15) is 0 Å². The Bertz CT molecular complexity index is 1680. The van der Waals surface area contributed by atoms with Gasteiger partial charge in [0.1, 0.15) is 11.5 Å². The number of nitrogens with zero attached hydrogens (tertiary/aromatic N) is 3. The van der Waals surface area contributed by atoms with E-state index < -0.39 is 17.5 Å². The van der Waals surface area contributed by atoms with Gasteiger partial charge in [-0.1, -0.05) is 24.3 Å². The highest BCUT2D eigenvalue weighted by molar-refractivity contribution is 7.22. The smallest absolute Gasteiger partial charge is 0.287 e. The minimum Gasteiger partial charge on any atom is -0.496 e. The second-order valence-corrected chi connectivity index (χ2v) is 10.1. The molecule has 3 heterocycles. The van der Waals surface area contributed by atoms with Crippen molar-refractivity contribution in [3.63, 3.8) is 0 Å². The lowest BCUT2D eigenvalue weighted by atomic mass is 10.1. The van der Waals surface area contributed by atoms with E-state index in [9.17, 15) is 14.0 Å². The number of ketones is 1. The Hall–Kier alpha value is -4.57. The van der Waals surface area contributed by atoms with E-state index >= 15 is 0 Å². The molecule has 204 valence electrons. The van der Waals surface area contributed by atoms with Crippen LogP contribution >= 0.6 is 11.3 Å². The number of hydrogen-bond acceptors (Lipinski definition) is 7. The maximum Gasteiger partial charge on any atom is 0.287 e. The van der Waals surface area contributed by atoms with Crippen LogP contribution in [0, 0.1) is 5.82 Å². The number of halogens is 1. The molecule has 8 nitrogen and oxygen atoms in total. The fraction of sp³-hybridized carbons (Fsp3) is 0.200. The van der Waals surface area contributed by atoms with Gasteiger partial charge in [-0.05, 0) is 48.7 Å². The van der Waals surface area contributed by atoms with E-state index in [1.165, 1.54) is 23.5 Å². The first-order valence-corrected chi connectivity index (χ1v) is 13.6. The number of ether oxygens (including phenoxy) is 2. The van der Waals surface area contributed by atoms with Gasteiger partial charge in [0.25, 0.3) is 5.91 Å². The quantitative estimate of drug-likeness (QED) is 0.212. The number of pyridine rings is 1. The number of fused-ring (bicyclic) bond motifs is 1. The van der Waals surface area contributed by atoms with Crippen molar-refractivity contribution in [2.24, 2.45) is 0 Å². The molecule has 0 bridgehead atoms. The number of rotatable bonds is 11. The summed E-state index contributed by atoms with van der Waals surface area (Å²) in [6.45, 7) is 3.14. The van der Waals surface area contributed by atoms with Crippen LogP contribution in [0.3, 0.4) is 0 Å². The summed E-state index contributed by atoms with van der Waals surface area (Å²) >= 11 is 1.47. The van der Waals surface area contributed by atoms with Crippen molar-refractivity contribution in [1.82, 2.24) is 19.9 Å². The van der Waals surface area contributed by atoms with Crippen LogP contribution in [0.15, 0.2) is 73.3 Å². The van der Waals surface area contributed by atoms with Gasteiger partial charge in [-0.25, -0.2) is 9.37 Å². The van der Waals surface area contributed by atoms with E-state index in [2.05, 4.69) is 15.3 Å². The number of thiophene rings is 1. The van der Waals surface area contributed by atoms with E-state index in [0.29, 0.717) is 17.7 Å². The lowest BCUT2D eigenvalue weighted by Crippen LogP contribution is -2.33. The maximum absolute atomic E-state index is 15.0. The number of carbonyl (C=O) groups excluding carboxylic acids is 2. The molecular weight excluding hydrogens is 531 g/mol. The number of nitrogens with one attached hydrogen (secondary N) is 1. The normalized spacial score (nSPS) is 11.0. The Morgan fingerprint density at radius 2 is 1.90 bits per heavy atom. The summed E-state index contributed by atoms with van der Waals surface area (Å²) in [7, 11) is 1.58. The third-order valence-corrected chi connectivity index (χ3v) is 7.49. The van der Waals surface area contributed by atoms with Gasteiger partial charge in [0, 0.05) is 38.0 Å². The van der Waals surface area contributed by atoms with E-state index in [4.69, 9.17) is 9.47 Å². The van der Waals surface area contributed by atoms with Crippen molar-refractivity contribution in [1.29, 1.82) is 0 Å². The van der Waals surface area contributed by atoms with Crippen LogP contribution in [0.5, 0.6) is 17.2 Å². The minimum atomic E-state index is -0.716. The zero-order chi connectivity index (χ0) is 28.1. The van der Waals surface area contributed by atoms with Crippen molar-refractivity contribution in [3.8, 4) is 27.8 Å². The zero-order valence-electron chi connectivity index (χ0n) is 22.0. The predicted molar refractivity (Wildman–Crippen MR) is 151 cm³/mol. The molecule has 0 saturated carbocycles. The average Bonchev–Trinajstić information content (AvgIpc) is 3.62. The van der Waals surface area contributed by atoms with E-state index in [1.54, 1.807) is 31.8 Å². The van der Waals surface area contributed by atoms with Crippen LogP contribution in [0.2, 0.25) is 0 Å². The first-order chi connectivity index (χ1) is 19.4. The number of imidazole rings is 1. The first-order valence-electron chi connectivity index (χ1n) is 12.7. The summed E-state index contributed by atoms with van der Waals surface area (Å²) in [4.78, 5) is 34.5. The molecule has 0 atom stereocenters. The minimum absolute atomic E-state index is 0.00942. The molecule has 2 aromatic carbocycles. The Morgan fingerprint density at radius 3 is 2.67 bits per heavy atom. The van der Waals surface area contributed by atoms with Crippen LogP contribution in [0.4, 0.5) is 4.39 Å². The molecule has 40 heavy (non-hydrogen) atoms. The number of hydrogen-bond donors (Lipinski definition) is 1. The van der Waals surface area contributed by atoms with E-state index in [1.807, 2.05) is 48.0 Å². The summed E-state index contributed by atoms with van der Waals surface area (Å²) < 4.78 is 29.0. The van der Waals surface area contributed by atoms with Gasteiger partial charge in [0.2, 0.25) is 5.78 Å². The Balaban J connectivity index is 1.22. The summed E-state index contributed by atoms with van der Waals surface area (Å²) in [5.41, 5.74) is 2.86. The van der Waals surface area contributed by atoms with Crippen molar-refractivity contribution in [2.75, 3.05) is 13.7 Å². The van der Waals surface area contributed by atoms with Gasteiger partial charge in [0.05, 0.1) is 34.2 Å².